The molecule has 154 valence electrons. The van der Waals surface area contributed by atoms with Crippen molar-refractivity contribution in [2.24, 2.45) is 10.9 Å². The van der Waals surface area contributed by atoms with Gasteiger partial charge in [0.2, 0.25) is 0 Å². The van der Waals surface area contributed by atoms with E-state index in [0.717, 1.165) is 56.6 Å². The van der Waals surface area contributed by atoms with Gasteiger partial charge in [0, 0.05) is 45.0 Å². The van der Waals surface area contributed by atoms with Crippen molar-refractivity contribution in [1.29, 1.82) is 0 Å². The van der Waals surface area contributed by atoms with E-state index in [0.29, 0.717) is 18.5 Å². The number of halogens is 1. The molecule has 0 radical (unpaired) electrons. The van der Waals surface area contributed by atoms with Crippen LogP contribution in [-0.2, 0) is 6.54 Å². The first kappa shape index (κ1) is 23.9. The molecule has 0 aliphatic carbocycles. The Kier molecular flexibility index (Phi) is 11.0. The Labute approximate surface area is 182 Å². The molecule has 2 heterocycles. The topological polar surface area (TPSA) is 55.8 Å². The minimum Gasteiger partial charge on any atom is -0.357 e. The van der Waals surface area contributed by atoms with Gasteiger partial charge in [-0.25, -0.2) is 9.98 Å². The molecule has 1 fully saturated rings. The number of hydrogen-bond donors (Lipinski definition) is 2. The van der Waals surface area contributed by atoms with Crippen LogP contribution in [0.4, 0.5) is 5.82 Å². The molecular weight excluding hydrogens is 451 g/mol. The molecule has 1 aliphatic heterocycles. The molecule has 2 rings (SSSR count). The first-order valence-corrected chi connectivity index (χ1v) is 10.0. The van der Waals surface area contributed by atoms with Crippen LogP contribution in [0.2, 0.25) is 0 Å². The van der Waals surface area contributed by atoms with Crippen molar-refractivity contribution in [2.75, 3.05) is 44.2 Å². The molecule has 0 saturated carbocycles. The van der Waals surface area contributed by atoms with E-state index < -0.39 is 0 Å². The van der Waals surface area contributed by atoms with Gasteiger partial charge in [-0.2, -0.15) is 0 Å². The van der Waals surface area contributed by atoms with Gasteiger partial charge >= 0.3 is 0 Å². The third kappa shape index (κ3) is 7.81. The second-order valence-electron chi connectivity index (χ2n) is 7.32. The number of likely N-dealkylation sites (N-methyl/N-ethyl adjacent to an activating group) is 1. The number of nitrogens with zero attached hydrogens (tertiary/aromatic N) is 4. The van der Waals surface area contributed by atoms with Crippen molar-refractivity contribution in [1.82, 2.24) is 20.5 Å². The van der Waals surface area contributed by atoms with E-state index in [4.69, 9.17) is 4.99 Å². The largest absolute Gasteiger partial charge is 0.357 e. The highest BCUT2D eigenvalue weighted by atomic mass is 127. The fourth-order valence-electron chi connectivity index (χ4n) is 2.86. The van der Waals surface area contributed by atoms with Gasteiger partial charge in [-0.15, -0.1) is 24.0 Å². The summed E-state index contributed by atoms with van der Waals surface area (Å²) in [7, 11) is 0. The maximum absolute atomic E-state index is 4.70. The van der Waals surface area contributed by atoms with E-state index in [9.17, 15) is 0 Å². The molecule has 0 bridgehead atoms. The fraction of sp³-hybridized carbons (Fsp3) is 0.700. The molecule has 1 saturated heterocycles. The van der Waals surface area contributed by atoms with Crippen LogP contribution in [0.5, 0.6) is 0 Å². The monoisotopic (exact) mass is 488 g/mol. The van der Waals surface area contributed by atoms with Crippen LogP contribution in [-0.4, -0.2) is 61.2 Å². The maximum atomic E-state index is 4.70. The van der Waals surface area contributed by atoms with Gasteiger partial charge in [0.25, 0.3) is 0 Å². The molecule has 1 unspecified atom stereocenters. The lowest BCUT2D eigenvalue weighted by atomic mass is 10.1. The Balaban J connectivity index is 0.00000364. The highest BCUT2D eigenvalue weighted by Gasteiger charge is 2.16. The van der Waals surface area contributed by atoms with Crippen LogP contribution in [0.15, 0.2) is 23.3 Å². The number of aliphatic imine (C=N–C) groups is 1. The second-order valence-corrected chi connectivity index (χ2v) is 7.32. The normalized spacial score (nSPS) is 16.8. The number of pyridine rings is 1. The van der Waals surface area contributed by atoms with Crippen LogP contribution in [0.25, 0.3) is 0 Å². The molecule has 6 nitrogen and oxygen atoms in total. The van der Waals surface area contributed by atoms with Gasteiger partial charge < -0.3 is 20.4 Å². The predicted octanol–water partition coefficient (Wildman–Crippen LogP) is 2.94. The Morgan fingerprint density at radius 2 is 1.85 bits per heavy atom. The first-order valence-electron chi connectivity index (χ1n) is 10.0. The van der Waals surface area contributed by atoms with E-state index in [-0.39, 0.29) is 24.0 Å². The Morgan fingerprint density at radius 1 is 1.15 bits per heavy atom. The summed E-state index contributed by atoms with van der Waals surface area (Å²) in [5, 5.41) is 6.78. The number of rotatable bonds is 7. The minimum atomic E-state index is 0. The Morgan fingerprint density at radius 3 is 2.37 bits per heavy atom. The average Bonchev–Trinajstić information content (AvgIpc) is 2.66. The van der Waals surface area contributed by atoms with Crippen molar-refractivity contribution >= 4 is 35.8 Å². The zero-order valence-electron chi connectivity index (χ0n) is 17.5. The van der Waals surface area contributed by atoms with Crippen molar-refractivity contribution in [3.8, 4) is 0 Å². The molecule has 1 aliphatic rings. The summed E-state index contributed by atoms with van der Waals surface area (Å²) in [6.07, 6.45) is 1.96. The highest BCUT2D eigenvalue weighted by Crippen LogP contribution is 2.14. The third-order valence-corrected chi connectivity index (χ3v) is 5.08. The lowest BCUT2D eigenvalue weighted by molar-refractivity contribution is 0.270. The van der Waals surface area contributed by atoms with Crippen molar-refractivity contribution in [3.63, 3.8) is 0 Å². The summed E-state index contributed by atoms with van der Waals surface area (Å²) >= 11 is 0. The predicted molar refractivity (Wildman–Crippen MR) is 126 cm³/mol. The van der Waals surface area contributed by atoms with Crippen molar-refractivity contribution in [2.45, 2.75) is 47.2 Å². The summed E-state index contributed by atoms with van der Waals surface area (Å²) in [5.74, 6) is 2.51. The Bertz CT molecular complexity index is 552. The van der Waals surface area contributed by atoms with E-state index in [1.54, 1.807) is 0 Å². The van der Waals surface area contributed by atoms with Crippen LogP contribution in [0.3, 0.4) is 0 Å². The minimum absolute atomic E-state index is 0. The quantitative estimate of drug-likeness (QED) is 0.351. The lowest BCUT2D eigenvalue weighted by Gasteiger charge is -2.34. The van der Waals surface area contributed by atoms with Crippen molar-refractivity contribution < 1.29 is 0 Å². The molecule has 1 aromatic rings. The van der Waals surface area contributed by atoms with Crippen LogP contribution in [0.1, 0.15) is 40.2 Å². The van der Waals surface area contributed by atoms with Gasteiger partial charge in [0.1, 0.15) is 5.82 Å². The number of anilines is 1. The van der Waals surface area contributed by atoms with Crippen LogP contribution >= 0.6 is 24.0 Å². The van der Waals surface area contributed by atoms with Crippen LogP contribution in [0, 0.1) is 5.92 Å². The number of hydrogen-bond acceptors (Lipinski definition) is 4. The number of nitrogens with one attached hydrogen (secondary N) is 2. The molecule has 0 spiro atoms. The van der Waals surface area contributed by atoms with Gasteiger partial charge in [-0.05, 0) is 37.9 Å². The van der Waals surface area contributed by atoms with E-state index in [1.165, 1.54) is 0 Å². The van der Waals surface area contributed by atoms with E-state index in [1.807, 2.05) is 6.20 Å². The van der Waals surface area contributed by atoms with Gasteiger partial charge in [0.15, 0.2) is 5.96 Å². The molecule has 1 aromatic heterocycles. The molecule has 1 atom stereocenters. The first-order chi connectivity index (χ1) is 12.5. The molecule has 2 N–H and O–H groups in total. The van der Waals surface area contributed by atoms with Gasteiger partial charge in [0.05, 0.1) is 6.54 Å². The summed E-state index contributed by atoms with van der Waals surface area (Å²) < 4.78 is 0. The maximum Gasteiger partial charge on any atom is 0.191 e. The van der Waals surface area contributed by atoms with E-state index >= 15 is 0 Å². The van der Waals surface area contributed by atoms with Gasteiger partial charge in [-0.3, -0.25) is 0 Å². The van der Waals surface area contributed by atoms with Gasteiger partial charge in [-0.1, -0.05) is 26.8 Å². The standard InChI is InChI=1S/C20H36N6.HI/c1-6-21-20(24-17(5)16(3)4)23-15-18-8-9-19(22-14-18)26-12-10-25(7-2)11-13-26;/h8-9,14,16-17H,6-7,10-13,15H2,1-5H3,(H2,21,23,24);1H. The highest BCUT2D eigenvalue weighted by molar-refractivity contribution is 14.0. The summed E-state index contributed by atoms with van der Waals surface area (Å²) in [5.41, 5.74) is 1.13. The SMILES string of the molecule is CCNC(=NCc1ccc(N2CCN(CC)CC2)nc1)NC(C)C(C)C.I. The number of aromatic nitrogens is 1. The molecular formula is C20H37IN6. The summed E-state index contributed by atoms with van der Waals surface area (Å²) in [6.45, 7) is 17.9. The lowest BCUT2D eigenvalue weighted by Crippen LogP contribution is -2.46. The molecule has 0 amide bonds. The zero-order valence-corrected chi connectivity index (χ0v) is 19.9. The molecule has 27 heavy (non-hydrogen) atoms. The van der Waals surface area contributed by atoms with Crippen molar-refractivity contribution in [3.05, 3.63) is 23.9 Å². The second kappa shape index (κ2) is 12.4. The third-order valence-electron chi connectivity index (χ3n) is 5.08. The number of guanidine groups is 1. The number of piperazine rings is 1. The molecule has 0 aromatic carbocycles. The molecule has 7 heteroatoms. The van der Waals surface area contributed by atoms with Crippen LogP contribution < -0.4 is 15.5 Å². The Hall–Kier alpha value is -1.09. The summed E-state index contributed by atoms with van der Waals surface area (Å²) in [6, 6.07) is 4.66. The summed E-state index contributed by atoms with van der Waals surface area (Å²) in [4.78, 5) is 14.2. The zero-order chi connectivity index (χ0) is 18.9. The fourth-order valence-corrected chi connectivity index (χ4v) is 2.86. The average molecular weight is 488 g/mol. The smallest absolute Gasteiger partial charge is 0.191 e. The van der Waals surface area contributed by atoms with E-state index in [2.05, 4.69) is 72.2 Å².